The summed E-state index contributed by atoms with van der Waals surface area (Å²) < 4.78 is 0. The molecule has 1 aliphatic heterocycles. The average Bonchev–Trinajstić information content (AvgIpc) is 2.76. The third-order valence-electron chi connectivity index (χ3n) is 4.49. The largest absolute Gasteiger partial charge is 0.113 e. The van der Waals surface area contributed by atoms with Crippen LogP contribution in [0.4, 0.5) is 0 Å². The third-order valence-corrected chi connectivity index (χ3v) is 8.09. The Morgan fingerprint density at radius 3 is 1.24 bits per heavy atom. The summed E-state index contributed by atoms with van der Waals surface area (Å²) in [5, 5.41) is 3.08. The van der Waals surface area contributed by atoms with Crippen molar-refractivity contribution in [3.8, 4) is 0 Å². The van der Waals surface area contributed by atoms with Crippen molar-refractivity contribution < 1.29 is 0 Å². The van der Waals surface area contributed by atoms with Crippen molar-refractivity contribution >= 4 is 18.5 Å². The molecule has 0 atom stereocenters. The number of benzene rings is 2. The minimum Gasteiger partial charge on any atom is -0.0621 e. The van der Waals surface area contributed by atoms with E-state index in [1.165, 1.54) is 32.6 Å². The van der Waals surface area contributed by atoms with E-state index in [9.17, 15) is 0 Å². The van der Waals surface area contributed by atoms with Gasteiger partial charge in [-0.25, -0.2) is 0 Å². The molecule has 0 saturated carbocycles. The zero-order chi connectivity index (χ0) is 15.0. The van der Waals surface area contributed by atoms with Gasteiger partial charge in [-0.05, 0) is 35.4 Å². The fourth-order valence-corrected chi connectivity index (χ4v) is 6.18. The summed E-state index contributed by atoms with van der Waals surface area (Å²) in [5.74, 6) is 0. The quantitative estimate of drug-likeness (QED) is 0.634. The molecule has 3 rings (SSSR count). The Labute approximate surface area is 128 Å². The summed E-state index contributed by atoms with van der Waals surface area (Å²) in [6, 6.07) is 17.9. The van der Waals surface area contributed by atoms with Gasteiger partial charge in [0.05, 0.1) is 0 Å². The monoisotopic (exact) mass is 290 g/mol. The molecular weight excluding hydrogens is 268 g/mol. The lowest BCUT2D eigenvalue weighted by atomic mass is 10.1. The maximum atomic E-state index is 2.46. The molecule has 0 N–H and O–H groups in total. The second-order valence-corrected chi connectivity index (χ2v) is 10.8. The molecule has 0 amide bonds. The lowest BCUT2D eigenvalue weighted by Crippen LogP contribution is -2.28. The second kappa shape index (κ2) is 5.16. The van der Waals surface area contributed by atoms with Crippen molar-refractivity contribution in [2.75, 3.05) is 0 Å². The van der Waals surface area contributed by atoms with Crippen LogP contribution >= 0.6 is 0 Å². The predicted octanol–water partition coefficient (Wildman–Crippen LogP) is 5.57. The topological polar surface area (TPSA) is 0 Å². The third kappa shape index (κ3) is 2.54. The van der Waals surface area contributed by atoms with Crippen molar-refractivity contribution in [2.24, 2.45) is 0 Å². The smallest absolute Gasteiger partial charge is 0.0621 e. The number of allylic oxidation sites excluding steroid dienone is 2. The Hall–Kier alpha value is -1.86. The van der Waals surface area contributed by atoms with E-state index in [1.807, 2.05) is 0 Å². The molecule has 21 heavy (non-hydrogen) atoms. The van der Waals surface area contributed by atoms with E-state index in [4.69, 9.17) is 0 Å². The van der Waals surface area contributed by atoms with Gasteiger partial charge in [0.1, 0.15) is 8.07 Å². The molecule has 2 aromatic carbocycles. The van der Waals surface area contributed by atoms with Gasteiger partial charge in [0.25, 0.3) is 0 Å². The minimum atomic E-state index is -1.59. The molecule has 0 radical (unpaired) electrons. The van der Waals surface area contributed by atoms with Crippen LogP contribution in [0.1, 0.15) is 22.3 Å². The molecule has 0 bridgehead atoms. The van der Waals surface area contributed by atoms with E-state index in [0.29, 0.717) is 0 Å². The number of hydrogen-bond acceptors (Lipinski definition) is 0. The zero-order valence-corrected chi connectivity index (χ0v) is 14.3. The number of aryl methyl sites for hydroxylation is 2. The van der Waals surface area contributed by atoms with Gasteiger partial charge < -0.3 is 0 Å². The SMILES string of the molecule is Cc1ccc(C2=CC=C(c3ccc(C)cc3)[Si]2(C)C)cc1. The zero-order valence-electron chi connectivity index (χ0n) is 13.3. The normalized spacial score (nSPS) is 16.6. The number of hydrogen-bond donors (Lipinski definition) is 0. The maximum Gasteiger partial charge on any atom is 0.113 e. The lowest BCUT2D eigenvalue weighted by Gasteiger charge is -2.26. The van der Waals surface area contributed by atoms with E-state index >= 15 is 0 Å². The van der Waals surface area contributed by atoms with Crippen LogP contribution in [0, 0.1) is 13.8 Å². The van der Waals surface area contributed by atoms with Crippen molar-refractivity contribution in [1.82, 2.24) is 0 Å². The fraction of sp³-hybridized carbons (Fsp3) is 0.200. The summed E-state index contributed by atoms with van der Waals surface area (Å²) in [6.45, 7) is 9.20. The molecule has 0 aliphatic carbocycles. The van der Waals surface area contributed by atoms with Gasteiger partial charge in [0.2, 0.25) is 0 Å². The van der Waals surface area contributed by atoms with Gasteiger partial charge >= 0.3 is 0 Å². The van der Waals surface area contributed by atoms with E-state index in [0.717, 1.165) is 0 Å². The van der Waals surface area contributed by atoms with E-state index in [-0.39, 0.29) is 0 Å². The average molecular weight is 290 g/mol. The van der Waals surface area contributed by atoms with Crippen LogP contribution < -0.4 is 0 Å². The molecule has 1 heteroatoms. The Balaban J connectivity index is 1.96. The van der Waals surface area contributed by atoms with Crippen LogP contribution in [0.2, 0.25) is 13.1 Å². The lowest BCUT2D eigenvalue weighted by molar-refractivity contribution is 1.45. The van der Waals surface area contributed by atoms with Gasteiger partial charge in [-0.3, -0.25) is 0 Å². The van der Waals surface area contributed by atoms with Crippen LogP contribution in [0.25, 0.3) is 10.4 Å². The Morgan fingerprint density at radius 2 is 0.905 bits per heavy atom. The van der Waals surface area contributed by atoms with Gasteiger partial charge in [0, 0.05) is 0 Å². The molecule has 106 valence electrons. The van der Waals surface area contributed by atoms with Crippen LogP contribution in [-0.2, 0) is 0 Å². The Morgan fingerprint density at radius 1 is 0.571 bits per heavy atom. The first-order valence-corrected chi connectivity index (χ1v) is 10.6. The van der Waals surface area contributed by atoms with Crippen LogP contribution in [0.15, 0.2) is 60.7 Å². The molecule has 0 unspecified atom stereocenters. The number of rotatable bonds is 2. The molecular formula is C20H22Si. The summed E-state index contributed by atoms with van der Waals surface area (Å²) in [6.07, 6.45) is 4.68. The Bertz CT molecular complexity index is 650. The second-order valence-electron chi connectivity index (χ2n) is 6.52. The van der Waals surface area contributed by atoms with Crippen LogP contribution in [-0.4, -0.2) is 8.07 Å². The highest BCUT2D eigenvalue weighted by Crippen LogP contribution is 2.41. The molecule has 1 heterocycles. The first-order chi connectivity index (χ1) is 9.98. The Kier molecular flexibility index (Phi) is 3.46. The summed E-state index contributed by atoms with van der Waals surface area (Å²) >= 11 is 0. The minimum absolute atomic E-state index is 1.32. The molecule has 0 aromatic heterocycles. The van der Waals surface area contributed by atoms with Crippen molar-refractivity contribution in [2.45, 2.75) is 26.9 Å². The highest BCUT2D eigenvalue weighted by Gasteiger charge is 2.35. The van der Waals surface area contributed by atoms with Crippen molar-refractivity contribution in [3.05, 3.63) is 82.9 Å². The van der Waals surface area contributed by atoms with E-state index < -0.39 is 8.07 Å². The van der Waals surface area contributed by atoms with Crippen molar-refractivity contribution in [3.63, 3.8) is 0 Å². The van der Waals surface area contributed by atoms with Gasteiger partial charge in [0.15, 0.2) is 0 Å². The van der Waals surface area contributed by atoms with Crippen molar-refractivity contribution in [1.29, 1.82) is 0 Å². The van der Waals surface area contributed by atoms with Crippen LogP contribution in [0.5, 0.6) is 0 Å². The predicted molar refractivity (Wildman–Crippen MR) is 95.8 cm³/mol. The molecule has 0 saturated heterocycles. The first-order valence-electron chi connectivity index (χ1n) is 7.55. The van der Waals surface area contributed by atoms with E-state index in [1.54, 1.807) is 0 Å². The molecule has 0 spiro atoms. The molecule has 1 aliphatic rings. The summed E-state index contributed by atoms with van der Waals surface area (Å²) in [7, 11) is -1.59. The van der Waals surface area contributed by atoms with Gasteiger partial charge in [-0.2, -0.15) is 0 Å². The fourth-order valence-electron chi connectivity index (χ4n) is 3.11. The molecule has 0 nitrogen and oxygen atoms in total. The van der Waals surface area contributed by atoms with Gasteiger partial charge in [-0.1, -0.05) is 84.9 Å². The van der Waals surface area contributed by atoms with Crippen LogP contribution in [0.3, 0.4) is 0 Å². The highest BCUT2D eigenvalue weighted by molar-refractivity contribution is 7.09. The molecule has 2 aromatic rings. The molecule has 0 fully saturated rings. The summed E-state index contributed by atoms with van der Waals surface area (Å²) in [5.41, 5.74) is 5.42. The maximum absolute atomic E-state index is 2.46. The first kappa shape index (κ1) is 14.1. The van der Waals surface area contributed by atoms with E-state index in [2.05, 4.69) is 87.6 Å². The highest BCUT2D eigenvalue weighted by atomic mass is 28.3. The standard InChI is InChI=1S/C20H22Si/c1-15-5-9-17(10-6-15)19-13-14-20(21(19,3)4)18-11-7-16(2)8-12-18/h5-14H,1-4H3. The summed E-state index contributed by atoms with van der Waals surface area (Å²) in [4.78, 5) is 0. The van der Waals surface area contributed by atoms with Gasteiger partial charge in [-0.15, -0.1) is 0 Å².